The van der Waals surface area contributed by atoms with Crippen LogP contribution in [-0.4, -0.2) is 22.2 Å². The van der Waals surface area contributed by atoms with Gasteiger partial charge in [0.05, 0.1) is 6.54 Å². The molecule has 0 spiro atoms. The van der Waals surface area contributed by atoms with Gasteiger partial charge in [-0.2, -0.15) is 4.98 Å². The molecule has 0 unspecified atom stereocenters. The molecule has 3 aromatic heterocycles. The summed E-state index contributed by atoms with van der Waals surface area (Å²) in [6.45, 7) is 1.96. The van der Waals surface area contributed by atoms with Crippen LogP contribution < -0.4 is 11.1 Å². The Kier molecular flexibility index (Phi) is 5.24. The van der Waals surface area contributed by atoms with E-state index in [1.807, 2.05) is 17.5 Å². The van der Waals surface area contributed by atoms with Gasteiger partial charge in [-0.15, -0.1) is 11.3 Å². The molecule has 3 N–H and O–H groups in total. The molecule has 0 aliphatic heterocycles. The second-order valence-corrected chi connectivity index (χ2v) is 7.08. The first-order valence-corrected chi connectivity index (χ1v) is 8.89. The van der Waals surface area contributed by atoms with Crippen molar-refractivity contribution in [3.05, 3.63) is 38.5 Å². The Morgan fingerprint density at radius 2 is 2.21 bits per heavy atom. The van der Waals surface area contributed by atoms with Crippen LogP contribution in [0.2, 0.25) is 10.3 Å². The smallest absolute Gasteiger partial charge is 0.225 e. The highest BCUT2D eigenvalue weighted by Crippen LogP contribution is 2.34. The highest BCUT2D eigenvalue weighted by Gasteiger charge is 2.22. The molecule has 0 bridgehead atoms. The van der Waals surface area contributed by atoms with Crippen LogP contribution in [0.25, 0.3) is 11.1 Å². The average Bonchev–Trinajstić information content (AvgIpc) is 3.15. The molecule has 0 saturated carbocycles. The van der Waals surface area contributed by atoms with E-state index >= 15 is 0 Å². The predicted octanol–water partition coefficient (Wildman–Crippen LogP) is 4.43. The fourth-order valence-corrected chi connectivity index (χ4v) is 3.24. The van der Waals surface area contributed by atoms with E-state index in [9.17, 15) is 4.39 Å². The van der Waals surface area contributed by atoms with Gasteiger partial charge in [0.2, 0.25) is 5.28 Å². The van der Waals surface area contributed by atoms with E-state index in [1.165, 1.54) is 6.92 Å². The number of hydrogen-bond acceptors (Lipinski definition) is 6. The zero-order valence-corrected chi connectivity index (χ0v) is 15.1. The first-order valence-electron chi connectivity index (χ1n) is 7.26. The summed E-state index contributed by atoms with van der Waals surface area (Å²) in [5.74, 6) is 0.813. The molecule has 0 radical (unpaired) electrons. The lowest BCUT2D eigenvalue weighted by Crippen LogP contribution is -2.31. The Balaban J connectivity index is 1.94. The zero-order chi connectivity index (χ0) is 17.3. The lowest BCUT2D eigenvalue weighted by Gasteiger charge is -2.10. The van der Waals surface area contributed by atoms with Crippen molar-refractivity contribution in [1.29, 1.82) is 0 Å². The number of rotatable bonds is 6. The van der Waals surface area contributed by atoms with Crippen molar-refractivity contribution in [2.45, 2.75) is 32.1 Å². The number of thiophene rings is 1. The summed E-state index contributed by atoms with van der Waals surface area (Å²) in [6.07, 6.45) is -1.02. The number of nitrogens with zero attached hydrogens (tertiary/aromatic N) is 2. The summed E-state index contributed by atoms with van der Waals surface area (Å²) in [7, 11) is 0. The van der Waals surface area contributed by atoms with Crippen molar-refractivity contribution >= 4 is 51.5 Å². The van der Waals surface area contributed by atoms with Gasteiger partial charge in [0.15, 0.2) is 11.4 Å². The van der Waals surface area contributed by atoms with Gasteiger partial charge in [-0.1, -0.05) is 17.7 Å². The second kappa shape index (κ2) is 7.23. The lowest BCUT2D eigenvalue weighted by molar-refractivity contribution is 0.296. The molecule has 2 atom stereocenters. The van der Waals surface area contributed by atoms with E-state index in [0.29, 0.717) is 29.2 Å². The van der Waals surface area contributed by atoms with Crippen LogP contribution in [-0.2, 0) is 13.0 Å². The van der Waals surface area contributed by atoms with Crippen molar-refractivity contribution in [2.24, 2.45) is 5.73 Å². The molecular weight excluding hydrogens is 374 g/mol. The largest absolute Gasteiger partial charge is 0.454 e. The fraction of sp³-hybridized carbons (Fsp3) is 0.333. The highest BCUT2D eigenvalue weighted by molar-refractivity contribution is 7.09. The van der Waals surface area contributed by atoms with Gasteiger partial charge in [0.1, 0.15) is 22.5 Å². The van der Waals surface area contributed by atoms with Gasteiger partial charge in [0, 0.05) is 17.3 Å². The topological polar surface area (TPSA) is 77.0 Å². The van der Waals surface area contributed by atoms with Crippen LogP contribution in [0.3, 0.4) is 0 Å². The van der Waals surface area contributed by atoms with Gasteiger partial charge >= 0.3 is 0 Å². The molecule has 5 nitrogen and oxygen atoms in total. The normalized spacial score (nSPS) is 14.0. The summed E-state index contributed by atoms with van der Waals surface area (Å²) in [5.41, 5.74) is 6.53. The van der Waals surface area contributed by atoms with Crippen molar-refractivity contribution in [1.82, 2.24) is 9.97 Å². The first kappa shape index (κ1) is 17.4. The van der Waals surface area contributed by atoms with Crippen LogP contribution >= 0.6 is 34.5 Å². The Morgan fingerprint density at radius 1 is 1.42 bits per heavy atom. The predicted molar refractivity (Wildman–Crippen MR) is 95.7 cm³/mol. The molecule has 9 heteroatoms. The molecule has 3 heterocycles. The molecule has 0 saturated heterocycles. The maximum atomic E-state index is 13.3. The van der Waals surface area contributed by atoms with Gasteiger partial charge in [-0.25, -0.2) is 9.37 Å². The number of anilines is 1. The summed E-state index contributed by atoms with van der Waals surface area (Å²) in [4.78, 5) is 9.40. The van der Waals surface area contributed by atoms with E-state index in [4.69, 9.17) is 33.4 Å². The Labute approximate surface area is 152 Å². The minimum atomic E-state index is -1.18. The van der Waals surface area contributed by atoms with E-state index in [2.05, 4.69) is 15.3 Å². The van der Waals surface area contributed by atoms with Crippen molar-refractivity contribution < 1.29 is 8.81 Å². The van der Waals surface area contributed by atoms with Crippen molar-refractivity contribution in [3.8, 4) is 0 Å². The monoisotopic (exact) mass is 388 g/mol. The van der Waals surface area contributed by atoms with E-state index < -0.39 is 12.2 Å². The zero-order valence-electron chi connectivity index (χ0n) is 12.7. The van der Waals surface area contributed by atoms with Crippen molar-refractivity contribution in [2.75, 3.05) is 5.32 Å². The molecule has 0 amide bonds. The van der Waals surface area contributed by atoms with E-state index in [1.54, 1.807) is 11.3 Å². The molecule has 0 fully saturated rings. The maximum absolute atomic E-state index is 13.3. The SMILES string of the molecule is C[C@H](F)[C@H](N)Cc1oc2c(NCc3cccs3)nc(Cl)nc2c1Cl. The highest BCUT2D eigenvalue weighted by atomic mass is 35.5. The Morgan fingerprint density at radius 3 is 2.88 bits per heavy atom. The Bertz CT molecular complexity index is 838. The van der Waals surface area contributed by atoms with Gasteiger partial charge in [-0.05, 0) is 30.0 Å². The number of aromatic nitrogens is 2. The van der Waals surface area contributed by atoms with Gasteiger partial charge < -0.3 is 15.5 Å². The maximum Gasteiger partial charge on any atom is 0.225 e. The standard InChI is InChI=1S/C15H15Cl2FN4OS/c1-7(18)9(19)5-10-11(16)12-13(23-10)14(22-15(17)21-12)20-6-8-3-2-4-24-8/h2-4,7,9H,5-6,19H2,1H3,(H,20,21,22)/t7-,9+/m0/s1. The fourth-order valence-electron chi connectivity index (χ4n) is 2.18. The quantitative estimate of drug-likeness (QED) is 0.610. The molecule has 0 aliphatic rings. The van der Waals surface area contributed by atoms with E-state index in [-0.39, 0.29) is 16.7 Å². The van der Waals surface area contributed by atoms with Crippen LogP contribution in [0.1, 0.15) is 17.6 Å². The van der Waals surface area contributed by atoms with Crippen LogP contribution in [0.15, 0.2) is 21.9 Å². The summed E-state index contributed by atoms with van der Waals surface area (Å²) in [6, 6.07) is 3.25. The lowest BCUT2D eigenvalue weighted by atomic mass is 10.1. The number of hydrogen-bond donors (Lipinski definition) is 2. The minimum Gasteiger partial charge on any atom is -0.454 e. The molecule has 0 aliphatic carbocycles. The molecular formula is C15H15Cl2FN4OS. The average molecular weight is 389 g/mol. The number of nitrogens with one attached hydrogen (secondary N) is 1. The third kappa shape index (κ3) is 3.64. The molecule has 128 valence electrons. The van der Waals surface area contributed by atoms with Crippen LogP contribution in [0.5, 0.6) is 0 Å². The summed E-state index contributed by atoms with van der Waals surface area (Å²) < 4.78 is 19.1. The third-order valence-electron chi connectivity index (χ3n) is 3.54. The van der Waals surface area contributed by atoms with Crippen molar-refractivity contribution in [3.63, 3.8) is 0 Å². The van der Waals surface area contributed by atoms with Crippen LogP contribution in [0, 0.1) is 0 Å². The second-order valence-electron chi connectivity index (χ2n) is 5.34. The van der Waals surface area contributed by atoms with Gasteiger partial charge in [-0.3, -0.25) is 0 Å². The molecule has 0 aromatic carbocycles. The number of alkyl halides is 1. The Hall–Kier alpha value is -1.41. The molecule has 3 aromatic rings. The number of furan rings is 1. The molecule has 24 heavy (non-hydrogen) atoms. The number of nitrogens with two attached hydrogens (primary N) is 1. The van der Waals surface area contributed by atoms with E-state index in [0.717, 1.165) is 4.88 Å². The summed E-state index contributed by atoms with van der Waals surface area (Å²) in [5, 5.41) is 5.48. The number of fused-ring (bicyclic) bond motifs is 1. The minimum absolute atomic E-state index is 0.0496. The van der Waals surface area contributed by atoms with Gasteiger partial charge in [0.25, 0.3) is 0 Å². The molecule has 3 rings (SSSR count). The number of halogens is 3. The van der Waals surface area contributed by atoms with Crippen LogP contribution in [0.4, 0.5) is 10.2 Å². The summed E-state index contributed by atoms with van der Waals surface area (Å²) >= 11 is 13.9. The third-order valence-corrected chi connectivity index (χ3v) is 4.97. The first-order chi connectivity index (χ1) is 11.5.